The number of hydrogen-bond donors (Lipinski definition) is 0. The molecule has 88 valence electrons. The Morgan fingerprint density at radius 3 is 2.56 bits per heavy atom. The van der Waals surface area contributed by atoms with Crippen LogP contribution >= 0.6 is 22.6 Å². The first-order valence-electron chi connectivity index (χ1n) is 6.55. The minimum Gasteiger partial charge on any atom is -0.0654 e. The van der Waals surface area contributed by atoms with Crippen LogP contribution in [0.1, 0.15) is 56.9 Å². The van der Waals surface area contributed by atoms with E-state index in [1.807, 2.05) is 0 Å². The highest BCUT2D eigenvalue weighted by atomic mass is 127. The minimum atomic E-state index is 0.836. The average Bonchev–Trinajstić information content (AvgIpc) is 2.30. The van der Waals surface area contributed by atoms with E-state index in [0.29, 0.717) is 0 Å². The zero-order valence-electron chi connectivity index (χ0n) is 10.1. The lowest BCUT2D eigenvalue weighted by Gasteiger charge is -2.28. The molecule has 0 N–H and O–H groups in total. The smallest absolute Gasteiger partial charge is 0.0133 e. The van der Waals surface area contributed by atoms with Crippen molar-refractivity contribution in [2.24, 2.45) is 5.92 Å². The van der Waals surface area contributed by atoms with Gasteiger partial charge in [0, 0.05) is 3.57 Å². The summed E-state index contributed by atoms with van der Waals surface area (Å²) >= 11 is 2.42. The van der Waals surface area contributed by atoms with Gasteiger partial charge < -0.3 is 0 Å². The van der Waals surface area contributed by atoms with E-state index in [-0.39, 0.29) is 0 Å². The molecule has 0 spiro atoms. The molecule has 1 aromatic carbocycles. The molecule has 0 aliphatic heterocycles. The zero-order valence-corrected chi connectivity index (χ0v) is 12.2. The minimum absolute atomic E-state index is 0.836. The summed E-state index contributed by atoms with van der Waals surface area (Å²) in [5, 5.41) is 0. The van der Waals surface area contributed by atoms with Gasteiger partial charge in [-0.05, 0) is 77.8 Å². The fourth-order valence-electron chi connectivity index (χ4n) is 2.95. The van der Waals surface area contributed by atoms with E-state index in [9.17, 15) is 0 Å². The van der Waals surface area contributed by atoms with Crippen LogP contribution in [0.4, 0.5) is 0 Å². The summed E-state index contributed by atoms with van der Waals surface area (Å²) in [6.45, 7) is 2.31. The Kier molecular flexibility index (Phi) is 4.68. The number of halogens is 1. The summed E-state index contributed by atoms with van der Waals surface area (Å²) in [6.07, 6.45) is 8.51. The summed E-state index contributed by atoms with van der Waals surface area (Å²) in [5.41, 5.74) is 1.57. The number of benzene rings is 1. The normalized spacial score (nSPS) is 25.6. The molecule has 0 radical (unpaired) electrons. The van der Waals surface area contributed by atoms with Gasteiger partial charge in [0.2, 0.25) is 0 Å². The summed E-state index contributed by atoms with van der Waals surface area (Å²) in [6, 6.07) is 9.07. The van der Waals surface area contributed by atoms with Crippen LogP contribution in [0.5, 0.6) is 0 Å². The van der Waals surface area contributed by atoms with Crippen molar-refractivity contribution < 1.29 is 0 Å². The Bertz CT molecular complexity index is 324. The summed E-state index contributed by atoms with van der Waals surface area (Å²) < 4.78 is 1.38. The maximum Gasteiger partial charge on any atom is 0.0133 e. The van der Waals surface area contributed by atoms with Gasteiger partial charge in [0.1, 0.15) is 0 Å². The Labute approximate surface area is 113 Å². The molecular formula is C15H21I. The van der Waals surface area contributed by atoms with Crippen molar-refractivity contribution in [3.05, 3.63) is 33.4 Å². The molecule has 0 aromatic heterocycles. The van der Waals surface area contributed by atoms with Crippen molar-refractivity contribution in [3.63, 3.8) is 0 Å². The predicted molar refractivity (Wildman–Crippen MR) is 78.8 cm³/mol. The highest BCUT2D eigenvalue weighted by molar-refractivity contribution is 14.1. The fraction of sp³-hybridized carbons (Fsp3) is 0.600. The second kappa shape index (κ2) is 6.04. The van der Waals surface area contributed by atoms with E-state index < -0.39 is 0 Å². The molecule has 0 nitrogen and oxygen atoms in total. The van der Waals surface area contributed by atoms with Crippen LogP contribution < -0.4 is 0 Å². The van der Waals surface area contributed by atoms with E-state index in [2.05, 4.69) is 53.8 Å². The Hall–Kier alpha value is -0.0500. The first-order chi connectivity index (χ1) is 7.79. The van der Waals surface area contributed by atoms with Crippen molar-refractivity contribution >= 4 is 22.6 Å². The Balaban J connectivity index is 1.94. The Morgan fingerprint density at radius 2 is 1.94 bits per heavy atom. The molecule has 1 aliphatic rings. The van der Waals surface area contributed by atoms with E-state index in [1.165, 1.54) is 42.1 Å². The van der Waals surface area contributed by atoms with Gasteiger partial charge in [-0.1, -0.05) is 31.9 Å². The monoisotopic (exact) mass is 328 g/mol. The molecule has 1 heteroatoms. The van der Waals surface area contributed by atoms with Crippen molar-refractivity contribution in [2.75, 3.05) is 0 Å². The molecule has 0 saturated heterocycles. The lowest BCUT2D eigenvalue weighted by molar-refractivity contribution is 0.308. The molecule has 16 heavy (non-hydrogen) atoms. The van der Waals surface area contributed by atoms with Crippen LogP contribution in [0.25, 0.3) is 0 Å². The van der Waals surface area contributed by atoms with Gasteiger partial charge in [-0.25, -0.2) is 0 Å². The molecule has 0 atom stereocenters. The van der Waals surface area contributed by atoms with Crippen LogP contribution in [0, 0.1) is 9.49 Å². The number of hydrogen-bond acceptors (Lipinski definition) is 0. The van der Waals surface area contributed by atoms with Crippen LogP contribution in [0.2, 0.25) is 0 Å². The lowest BCUT2D eigenvalue weighted by atomic mass is 9.77. The van der Waals surface area contributed by atoms with Crippen molar-refractivity contribution in [1.29, 1.82) is 0 Å². The molecule has 1 aliphatic carbocycles. The van der Waals surface area contributed by atoms with Gasteiger partial charge in [-0.15, -0.1) is 0 Å². The van der Waals surface area contributed by atoms with E-state index in [1.54, 1.807) is 5.56 Å². The highest BCUT2D eigenvalue weighted by Gasteiger charge is 2.21. The quantitative estimate of drug-likeness (QED) is 0.655. The third-order valence-electron chi connectivity index (χ3n) is 3.86. The molecule has 2 rings (SSSR count). The second-order valence-corrected chi connectivity index (χ2v) is 6.31. The van der Waals surface area contributed by atoms with Crippen LogP contribution in [0.15, 0.2) is 24.3 Å². The number of rotatable bonds is 3. The maximum absolute atomic E-state index is 2.42. The molecule has 1 aromatic rings. The summed E-state index contributed by atoms with van der Waals surface area (Å²) in [5.74, 6) is 1.85. The third-order valence-corrected chi connectivity index (χ3v) is 4.53. The van der Waals surface area contributed by atoms with E-state index in [0.717, 1.165) is 11.8 Å². The van der Waals surface area contributed by atoms with Crippen molar-refractivity contribution in [3.8, 4) is 0 Å². The predicted octanol–water partition coefficient (Wildman–Crippen LogP) is 5.37. The standard InChI is InChI=1S/C15H21I/c1-2-4-12-7-9-13(10-8-12)14-5-3-6-15(16)11-14/h3,5-6,11-13H,2,4,7-10H2,1H3. The van der Waals surface area contributed by atoms with Gasteiger partial charge in [0.15, 0.2) is 0 Å². The molecule has 1 saturated carbocycles. The summed E-state index contributed by atoms with van der Waals surface area (Å²) in [4.78, 5) is 0. The molecule has 1 fully saturated rings. The Morgan fingerprint density at radius 1 is 1.19 bits per heavy atom. The van der Waals surface area contributed by atoms with E-state index >= 15 is 0 Å². The zero-order chi connectivity index (χ0) is 11.4. The first-order valence-corrected chi connectivity index (χ1v) is 7.63. The van der Waals surface area contributed by atoms with Crippen LogP contribution in [0.3, 0.4) is 0 Å². The average molecular weight is 328 g/mol. The molecular weight excluding hydrogens is 307 g/mol. The van der Waals surface area contributed by atoms with Gasteiger partial charge in [-0.2, -0.15) is 0 Å². The van der Waals surface area contributed by atoms with Crippen LogP contribution in [-0.4, -0.2) is 0 Å². The van der Waals surface area contributed by atoms with Crippen LogP contribution in [-0.2, 0) is 0 Å². The van der Waals surface area contributed by atoms with Gasteiger partial charge in [0.05, 0.1) is 0 Å². The molecule has 0 bridgehead atoms. The highest BCUT2D eigenvalue weighted by Crippen LogP contribution is 2.37. The SMILES string of the molecule is CCCC1CCC(c2cccc(I)c2)CC1. The molecule has 0 heterocycles. The summed E-state index contributed by atoms with van der Waals surface area (Å²) in [7, 11) is 0. The first kappa shape index (κ1) is 12.4. The second-order valence-electron chi connectivity index (χ2n) is 5.06. The van der Waals surface area contributed by atoms with Gasteiger partial charge in [0.25, 0.3) is 0 Å². The van der Waals surface area contributed by atoms with Gasteiger partial charge in [-0.3, -0.25) is 0 Å². The van der Waals surface area contributed by atoms with Crippen molar-refractivity contribution in [1.82, 2.24) is 0 Å². The van der Waals surface area contributed by atoms with Gasteiger partial charge >= 0.3 is 0 Å². The molecule has 0 amide bonds. The lowest BCUT2D eigenvalue weighted by Crippen LogP contribution is -2.13. The third kappa shape index (κ3) is 3.22. The largest absolute Gasteiger partial charge is 0.0654 e. The maximum atomic E-state index is 2.42. The fourth-order valence-corrected chi connectivity index (χ4v) is 3.52. The topological polar surface area (TPSA) is 0 Å². The van der Waals surface area contributed by atoms with Crippen molar-refractivity contribution in [2.45, 2.75) is 51.4 Å². The van der Waals surface area contributed by atoms with E-state index in [4.69, 9.17) is 0 Å². The molecule has 0 unspecified atom stereocenters.